The van der Waals surface area contributed by atoms with Crippen molar-refractivity contribution >= 4 is 23.7 Å². The van der Waals surface area contributed by atoms with E-state index in [-0.39, 0.29) is 24.4 Å². The molecule has 0 spiro atoms. The molecule has 0 aromatic rings. The maximum atomic E-state index is 11.5. The molecule has 0 aliphatic carbocycles. The zero-order chi connectivity index (χ0) is 17.3. The van der Waals surface area contributed by atoms with Crippen molar-refractivity contribution in [1.82, 2.24) is 0 Å². The number of hydrogen-bond donors (Lipinski definition) is 0. The minimum Gasteiger partial charge on any atom is -0.463 e. The minimum atomic E-state index is -1.16. The number of Topliss-reactive ketones (excluding diaryl/α,β-unsaturated/α-hetero) is 1. The largest absolute Gasteiger partial charge is 0.463 e. The van der Waals surface area contributed by atoms with Gasteiger partial charge in [0.2, 0.25) is 0 Å². The molecule has 1 atom stereocenters. The summed E-state index contributed by atoms with van der Waals surface area (Å²) >= 11 is 0. The predicted molar refractivity (Wildman–Crippen MR) is 76.7 cm³/mol. The van der Waals surface area contributed by atoms with Crippen molar-refractivity contribution in [2.45, 2.75) is 33.3 Å². The highest BCUT2D eigenvalue weighted by Gasteiger charge is 2.20. The fourth-order valence-corrected chi connectivity index (χ4v) is 1.07. The average Bonchev–Trinajstić information content (AvgIpc) is 2.43. The summed E-state index contributed by atoms with van der Waals surface area (Å²) in [5, 5.41) is 0. The van der Waals surface area contributed by atoms with Crippen LogP contribution in [-0.2, 0) is 33.4 Å². The van der Waals surface area contributed by atoms with Crippen molar-refractivity contribution in [3.8, 4) is 0 Å². The summed E-state index contributed by atoms with van der Waals surface area (Å²) in [5.74, 6) is -2.64. The van der Waals surface area contributed by atoms with Crippen LogP contribution in [0.3, 0.4) is 0 Å². The van der Waals surface area contributed by atoms with Crippen LogP contribution in [0, 0.1) is 0 Å². The smallest absolute Gasteiger partial charge is 0.347 e. The lowest BCUT2D eigenvalue weighted by Gasteiger charge is -2.12. The fourth-order valence-electron chi connectivity index (χ4n) is 1.07. The summed E-state index contributed by atoms with van der Waals surface area (Å²) in [5.41, 5.74) is 0.511. The topological polar surface area (TPSA) is 96.0 Å². The van der Waals surface area contributed by atoms with E-state index >= 15 is 0 Å². The van der Waals surface area contributed by atoms with Crippen LogP contribution in [0.5, 0.6) is 0 Å². The van der Waals surface area contributed by atoms with E-state index in [1.807, 2.05) is 0 Å². The third kappa shape index (κ3) is 7.98. The van der Waals surface area contributed by atoms with Gasteiger partial charge in [-0.25, -0.2) is 14.4 Å². The van der Waals surface area contributed by atoms with Crippen LogP contribution in [0.25, 0.3) is 0 Å². The third-order valence-electron chi connectivity index (χ3n) is 2.36. The van der Waals surface area contributed by atoms with Gasteiger partial charge < -0.3 is 14.2 Å². The summed E-state index contributed by atoms with van der Waals surface area (Å²) in [6.07, 6.45) is -1.15. The Morgan fingerprint density at radius 1 is 1.00 bits per heavy atom. The number of carbonyl (C=O) groups is 4. The van der Waals surface area contributed by atoms with Gasteiger partial charge in [0.05, 0.1) is 6.61 Å². The van der Waals surface area contributed by atoms with Crippen molar-refractivity contribution in [3.05, 3.63) is 24.3 Å². The standard InChI is InChI=1S/C15H20O7/c1-9(2)12(16)6-7-20-13(17)8-21-15(19)11(5)22-14(18)10(3)4/h11H,1,3,6-8H2,2,4-5H3. The summed E-state index contributed by atoms with van der Waals surface area (Å²) in [7, 11) is 0. The Morgan fingerprint density at radius 3 is 2.09 bits per heavy atom. The molecule has 0 aromatic carbocycles. The molecule has 0 heterocycles. The second-order valence-corrected chi connectivity index (χ2v) is 4.61. The maximum absolute atomic E-state index is 11.5. The Morgan fingerprint density at radius 2 is 1.59 bits per heavy atom. The number of esters is 3. The van der Waals surface area contributed by atoms with Gasteiger partial charge in [0.25, 0.3) is 0 Å². The summed E-state index contributed by atoms with van der Waals surface area (Å²) in [4.78, 5) is 45.2. The van der Waals surface area contributed by atoms with Gasteiger partial charge in [-0.1, -0.05) is 13.2 Å². The van der Waals surface area contributed by atoms with Crippen molar-refractivity contribution < 1.29 is 33.4 Å². The molecule has 0 rings (SSSR count). The molecule has 0 amide bonds. The van der Waals surface area contributed by atoms with Gasteiger partial charge in [-0.2, -0.15) is 0 Å². The van der Waals surface area contributed by atoms with E-state index in [2.05, 4.69) is 17.9 Å². The second kappa shape index (κ2) is 9.49. The summed E-state index contributed by atoms with van der Waals surface area (Å²) in [6, 6.07) is 0. The maximum Gasteiger partial charge on any atom is 0.347 e. The highest BCUT2D eigenvalue weighted by molar-refractivity contribution is 5.94. The molecule has 0 saturated carbocycles. The summed E-state index contributed by atoms with van der Waals surface area (Å²) in [6.45, 7) is 10.4. The summed E-state index contributed by atoms with van der Waals surface area (Å²) < 4.78 is 14.1. The highest BCUT2D eigenvalue weighted by atomic mass is 16.6. The lowest BCUT2D eigenvalue weighted by Crippen LogP contribution is -2.28. The molecule has 1 unspecified atom stereocenters. The van der Waals surface area contributed by atoms with Crippen LogP contribution in [0.15, 0.2) is 24.3 Å². The first-order valence-electron chi connectivity index (χ1n) is 6.52. The van der Waals surface area contributed by atoms with Crippen molar-refractivity contribution in [2.24, 2.45) is 0 Å². The van der Waals surface area contributed by atoms with Crippen LogP contribution in [-0.4, -0.2) is 43.0 Å². The molecule has 0 bridgehead atoms. The monoisotopic (exact) mass is 312 g/mol. The Bertz CT molecular complexity index is 490. The van der Waals surface area contributed by atoms with E-state index in [0.29, 0.717) is 5.57 Å². The van der Waals surface area contributed by atoms with Crippen LogP contribution < -0.4 is 0 Å². The SMILES string of the molecule is C=C(C)C(=O)CCOC(=O)COC(=O)C(C)OC(=O)C(=C)C. The Balaban J connectivity index is 4.01. The van der Waals surface area contributed by atoms with Gasteiger partial charge >= 0.3 is 17.9 Å². The Hall–Kier alpha value is -2.44. The van der Waals surface area contributed by atoms with Gasteiger partial charge in [0.1, 0.15) is 0 Å². The van der Waals surface area contributed by atoms with E-state index in [9.17, 15) is 19.2 Å². The van der Waals surface area contributed by atoms with Gasteiger partial charge in [-0.15, -0.1) is 0 Å². The zero-order valence-corrected chi connectivity index (χ0v) is 13.0. The van der Waals surface area contributed by atoms with E-state index < -0.39 is 30.6 Å². The van der Waals surface area contributed by atoms with Gasteiger partial charge in [-0.05, 0) is 26.3 Å². The van der Waals surface area contributed by atoms with Crippen LogP contribution >= 0.6 is 0 Å². The number of ether oxygens (including phenoxy) is 3. The molecule has 7 nitrogen and oxygen atoms in total. The molecule has 7 heteroatoms. The first-order valence-corrected chi connectivity index (χ1v) is 6.52. The zero-order valence-electron chi connectivity index (χ0n) is 13.0. The minimum absolute atomic E-state index is 0.0155. The van der Waals surface area contributed by atoms with Crippen LogP contribution in [0.1, 0.15) is 27.2 Å². The molecule has 0 aromatic heterocycles. The Kier molecular flexibility index (Phi) is 8.44. The molecule has 0 radical (unpaired) electrons. The predicted octanol–water partition coefficient (Wildman–Crippen LogP) is 1.12. The number of hydrogen-bond acceptors (Lipinski definition) is 7. The van der Waals surface area contributed by atoms with E-state index in [0.717, 1.165) is 0 Å². The Labute approximate surface area is 128 Å². The molecule has 22 heavy (non-hydrogen) atoms. The molecule has 0 saturated heterocycles. The molecule has 0 fully saturated rings. The molecule has 0 aliphatic rings. The third-order valence-corrected chi connectivity index (χ3v) is 2.36. The number of carbonyl (C=O) groups excluding carboxylic acids is 4. The molecule has 0 aliphatic heterocycles. The molecule has 122 valence electrons. The lowest BCUT2D eigenvalue weighted by atomic mass is 10.2. The van der Waals surface area contributed by atoms with Gasteiger partial charge in [-0.3, -0.25) is 4.79 Å². The van der Waals surface area contributed by atoms with Crippen LogP contribution in [0.4, 0.5) is 0 Å². The molecule has 0 N–H and O–H groups in total. The first-order chi connectivity index (χ1) is 10.1. The molecular weight excluding hydrogens is 292 g/mol. The highest BCUT2D eigenvalue weighted by Crippen LogP contribution is 2.01. The van der Waals surface area contributed by atoms with E-state index in [1.165, 1.54) is 13.8 Å². The van der Waals surface area contributed by atoms with E-state index in [4.69, 9.17) is 9.47 Å². The number of ketones is 1. The number of rotatable bonds is 9. The number of allylic oxidation sites excluding steroid dienone is 1. The quantitative estimate of drug-likeness (QED) is 0.357. The van der Waals surface area contributed by atoms with E-state index in [1.54, 1.807) is 6.92 Å². The van der Waals surface area contributed by atoms with Crippen molar-refractivity contribution in [3.63, 3.8) is 0 Å². The first kappa shape index (κ1) is 19.6. The van der Waals surface area contributed by atoms with Crippen molar-refractivity contribution in [2.75, 3.05) is 13.2 Å². The van der Waals surface area contributed by atoms with Gasteiger partial charge in [0, 0.05) is 12.0 Å². The van der Waals surface area contributed by atoms with Gasteiger partial charge in [0.15, 0.2) is 18.5 Å². The molecular formula is C15H20O7. The van der Waals surface area contributed by atoms with Crippen molar-refractivity contribution in [1.29, 1.82) is 0 Å². The second-order valence-electron chi connectivity index (χ2n) is 4.61. The lowest BCUT2D eigenvalue weighted by molar-refractivity contribution is -0.169. The average molecular weight is 312 g/mol. The normalized spacial score (nSPS) is 11.0. The van der Waals surface area contributed by atoms with Crippen LogP contribution in [0.2, 0.25) is 0 Å². The fraction of sp³-hybridized carbons (Fsp3) is 0.467.